The maximum atomic E-state index is 13.0. The van der Waals surface area contributed by atoms with Gasteiger partial charge in [-0.1, -0.05) is 19.3 Å². The van der Waals surface area contributed by atoms with E-state index in [0.29, 0.717) is 18.5 Å². The number of nitrogens with zero attached hydrogens (tertiary/aromatic N) is 2. The van der Waals surface area contributed by atoms with Crippen LogP contribution in [-0.4, -0.2) is 48.9 Å². The van der Waals surface area contributed by atoms with E-state index in [9.17, 15) is 27.6 Å². The van der Waals surface area contributed by atoms with Gasteiger partial charge in [-0.3, -0.25) is 14.5 Å². The molecule has 0 radical (unpaired) electrons. The van der Waals surface area contributed by atoms with Crippen LogP contribution in [0.1, 0.15) is 37.7 Å². The summed E-state index contributed by atoms with van der Waals surface area (Å²) in [5, 5.41) is 5.11. The van der Waals surface area contributed by atoms with Gasteiger partial charge in [-0.25, -0.2) is 4.79 Å². The quantitative estimate of drug-likeness (QED) is 0.745. The van der Waals surface area contributed by atoms with Gasteiger partial charge in [0, 0.05) is 14.1 Å². The SMILES string of the molecule is CN(C)c1ccc(C(F)(F)F)cc1NC(=O)CN1C(=O)NC2(CCCCC2)C1=O. The van der Waals surface area contributed by atoms with Gasteiger partial charge in [-0.2, -0.15) is 13.2 Å². The number of rotatable bonds is 4. The molecule has 0 bridgehead atoms. The Bertz CT molecular complexity index is 832. The van der Waals surface area contributed by atoms with Crippen molar-refractivity contribution in [3.8, 4) is 0 Å². The molecule has 2 aliphatic rings. The van der Waals surface area contributed by atoms with Crippen LogP contribution in [0.3, 0.4) is 0 Å². The third kappa shape index (κ3) is 4.15. The monoisotopic (exact) mass is 412 g/mol. The van der Waals surface area contributed by atoms with Crippen molar-refractivity contribution >= 4 is 29.2 Å². The predicted octanol–water partition coefficient (Wildman–Crippen LogP) is 2.96. The second-order valence-corrected chi connectivity index (χ2v) is 7.64. The van der Waals surface area contributed by atoms with Gasteiger partial charge in [0.05, 0.1) is 16.9 Å². The molecule has 1 heterocycles. The molecule has 1 aliphatic carbocycles. The van der Waals surface area contributed by atoms with Crippen molar-refractivity contribution in [3.05, 3.63) is 23.8 Å². The Morgan fingerprint density at radius 2 is 1.86 bits per heavy atom. The fourth-order valence-electron chi connectivity index (χ4n) is 3.85. The molecule has 1 aliphatic heterocycles. The summed E-state index contributed by atoms with van der Waals surface area (Å²) in [6, 6.07) is 2.36. The van der Waals surface area contributed by atoms with Crippen LogP contribution in [0.5, 0.6) is 0 Å². The minimum absolute atomic E-state index is 0.0470. The molecule has 4 amide bonds. The van der Waals surface area contributed by atoms with Gasteiger partial charge >= 0.3 is 12.2 Å². The van der Waals surface area contributed by atoms with Crippen molar-refractivity contribution < 1.29 is 27.6 Å². The van der Waals surface area contributed by atoms with Gasteiger partial charge in [0.2, 0.25) is 5.91 Å². The van der Waals surface area contributed by atoms with Crippen molar-refractivity contribution in [2.24, 2.45) is 0 Å². The Kier molecular flexibility index (Phi) is 5.46. The van der Waals surface area contributed by atoms with Crippen molar-refractivity contribution in [1.82, 2.24) is 10.2 Å². The summed E-state index contributed by atoms with van der Waals surface area (Å²) >= 11 is 0. The first-order chi connectivity index (χ1) is 13.5. The highest BCUT2D eigenvalue weighted by Gasteiger charge is 2.51. The molecule has 0 aromatic heterocycles. The highest BCUT2D eigenvalue weighted by molar-refractivity contribution is 6.10. The number of carbonyl (C=O) groups excluding carboxylic acids is 3. The van der Waals surface area contributed by atoms with Crippen LogP contribution in [0.15, 0.2) is 18.2 Å². The molecule has 1 saturated heterocycles. The van der Waals surface area contributed by atoms with Crippen LogP contribution in [0, 0.1) is 0 Å². The van der Waals surface area contributed by atoms with E-state index < -0.39 is 41.7 Å². The topological polar surface area (TPSA) is 81.8 Å². The maximum absolute atomic E-state index is 13.0. The summed E-state index contributed by atoms with van der Waals surface area (Å²) in [5.41, 5.74) is -1.54. The number of benzene rings is 1. The number of hydrogen-bond donors (Lipinski definition) is 2. The second-order valence-electron chi connectivity index (χ2n) is 7.64. The number of nitrogens with one attached hydrogen (secondary N) is 2. The van der Waals surface area contributed by atoms with Crippen LogP contribution in [-0.2, 0) is 15.8 Å². The Balaban J connectivity index is 1.77. The minimum atomic E-state index is -4.57. The number of alkyl halides is 3. The van der Waals surface area contributed by atoms with Crippen molar-refractivity contribution in [1.29, 1.82) is 0 Å². The van der Waals surface area contributed by atoms with Crippen molar-refractivity contribution in [2.45, 2.75) is 43.8 Å². The Morgan fingerprint density at radius 1 is 1.21 bits per heavy atom. The Morgan fingerprint density at radius 3 is 2.45 bits per heavy atom. The van der Waals surface area contributed by atoms with Crippen LogP contribution < -0.4 is 15.5 Å². The highest BCUT2D eigenvalue weighted by Crippen LogP contribution is 2.36. The van der Waals surface area contributed by atoms with Crippen LogP contribution in [0.2, 0.25) is 0 Å². The molecular formula is C19H23F3N4O3. The first-order valence-corrected chi connectivity index (χ1v) is 9.36. The molecular weight excluding hydrogens is 389 g/mol. The number of halogens is 3. The largest absolute Gasteiger partial charge is 0.416 e. The second kappa shape index (κ2) is 7.57. The number of anilines is 2. The van der Waals surface area contributed by atoms with Crippen molar-refractivity contribution in [2.75, 3.05) is 30.9 Å². The minimum Gasteiger partial charge on any atom is -0.376 e. The number of amides is 4. The van der Waals surface area contributed by atoms with Gasteiger partial charge in [-0.05, 0) is 31.0 Å². The molecule has 1 saturated carbocycles. The third-order valence-corrected chi connectivity index (χ3v) is 5.33. The summed E-state index contributed by atoms with van der Waals surface area (Å²) < 4.78 is 39.1. The van der Waals surface area contributed by atoms with E-state index in [0.717, 1.165) is 36.3 Å². The molecule has 7 nitrogen and oxygen atoms in total. The number of imide groups is 1. The van der Waals surface area contributed by atoms with E-state index >= 15 is 0 Å². The standard InChI is InChI=1S/C19H23F3N4O3/c1-25(2)14-7-6-12(19(20,21)22)10-13(14)23-15(27)11-26-16(28)18(24-17(26)29)8-4-3-5-9-18/h6-7,10H,3-5,8-9,11H2,1-2H3,(H,23,27)(H,24,29). The lowest BCUT2D eigenvalue weighted by atomic mass is 9.82. The Hall–Kier alpha value is -2.78. The van der Waals surface area contributed by atoms with E-state index in [1.54, 1.807) is 19.0 Å². The van der Waals surface area contributed by atoms with Gasteiger partial charge in [0.15, 0.2) is 0 Å². The predicted molar refractivity (Wildman–Crippen MR) is 100 cm³/mol. The van der Waals surface area contributed by atoms with Crippen LogP contribution in [0.4, 0.5) is 29.3 Å². The van der Waals surface area contributed by atoms with Crippen LogP contribution in [0.25, 0.3) is 0 Å². The van der Waals surface area contributed by atoms with E-state index in [2.05, 4.69) is 10.6 Å². The molecule has 0 unspecified atom stereocenters. The molecule has 1 aromatic rings. The van der Waals surface area contributed by atoms with Crippen LogP contribution >= 0.6 is 0 Å². The molecule has 158 valence electrons. The first-order valence-electron chi connectivity index (χ1n) is 9.36. The molecule has 29 heavy (non-hydrogen) atoms. The molecule has 2 N–H and O–H groups in total. The fourth-order valence-corrected chi connectivity index (χ4v) is 3.85. The van der Waals surface area contributed by atoms with E-state index in [4.69, 9.17) is 0 Å². The lowest BCUT2D eigenvalue weighted by Gasteiger charge is -2.30. The highest BCUT2D eigenvalue weighted by atomic mass is 19.4. The average Bonchev–Trinajstić information content (AvgIpc) is 2.85. The van der Waals surface area contributed by atoms with Gasteiger partial charge in [0.25, 0.3) is 5.91 Å². The lowest BCUT2D eigenvalue weighted by molar-refractivity contribution is -0.137. The summed E-state index contributed by atoms with van der Waals surface area (Å²) in [4.78, 5) is 39.9. The van der Waals surface area contributed by atoms with E-state index in [-0.39, 0.29) is 5.69 Å². The molecule has 2 fully saturated rings. The average molecular weight is 412 g/mol. The summed E-state index contributed by atoms with van der Waals surface area (Å²) in [7, 11) is 3.26. The lowest BCUT2D eigenvalue weighted by Crippen LogP contribution is -2.48. The summed E-state index contributed by atoms with van der Waals surface area (Å²) in [6.45, 7) is -0.560. The molecule has 3 rings (SSSR count). The molecule has 1 spiro atoms. The van der Waals surface area contributed by atoms with E-state index in [1.165, 1.54) is 6.07 Å². The Labute approximate surface area is 166 Å². The normalized spacial score (nSPS) is 18.7. The van der Waals surface area contributed by atoms with Gasteiger partial charge < -0.3 is 15.5 Å². The molecule has 10 heteroatoms. The summed E-state index contributed by atoms with van der Waals surface area (Å²) in [6.07, 6.45) is -0.927. The zero-order chi connectivity index (χ0) is 21.4. The number of carbonyl (C=O) groups is 3. The van der Waals surface area contributed by atoms with Crippen molar-refractivity contribution in [3.63, 3.8) is 0 Å². The zero-order valence-electron chi connectivity index (χ0n) is 16.2. The van der Waals surface area contributed by atoms with E-state index in [1.807, 2.05) is 0 Å². The number of hydrogen-bond acceptors (Lipinski definition) is 4. The van der Waals surface area contributed by atoms with Gasteiger partial charge in [0.1, 0.15) is 12.1 Å². The molecule has 1 aromatic carbocycles. The molecule has 0 atom stereocenters. The smallest absolute Gasteiger partial charge is 0.376 e. The fraction of sp³-hybridized carbons (Fsp3) is 0.526. The zero-order valence-corrected chi connectivity index (χ0v) is 16.2. The first kappa shape index (κ1) is 20.9. The maximum Gasteiger partial charge on any atom is 0.416 e. The van der Waals surface area contributed by atoms with Gasteiger partial charge in [-0.15, -0.1) is 0 Å². The number of urea groups is 1. The third-order valence-electron chi connectivity index (χ3n) is 5.33. The summed E-state index contributed by atoms with van der Waals surface area (Å²) in [5.74, 6) is -1.20.